The summed E-state index contributed by atoms with van der Waals surface area (Å²) in [7, 11) is 0. The number of halogens is 1. The Hall–Kier alpha value is -0.930. The molecule has 96 valence electrons. The zero-order chi connectivity index (χ0) is 12.8. The van der Waals surface area contributed by atoms with Gasteiger partial charge in [0.2, 0.25) is 0 Å². The lowest BCUT2D eigenvalue weighted by Crippen LogP contribution is -2.38. The minimum absolute atomic E-state index is 0.128. The van der Waals surface area contributed by atoms with Crippen molar-refractivity contribution in [2.24, 2.45) is 0 Å². The van der Waals surface area contributed by atoms with Crippen molar-refractivity contribution >= 4 is 0 Å². The Morgan fingerprint density at radius 1 is 1.18 bits per heavy atom. The number of hydrogen-bond acceptors (Lipinski definition) is 2. The van der Waals surface area contributed by atoms with Gasteiger partial charge >= 0.3 is 0 Å². The van der Waals surface area contributed by atoms with Crippen LogP contribution in [0.25, 0.3) is 0 Å². The van der Waals surface area contributed by atoms with Crippen LogP contribution < -0.4 is 10.6 Å². The predicted octanol–water partition coefficient (Wildman–Crippen LogP) is 2.61. The predicted molar refractivity (Wildman–Crippen MR) is 70.6 cm³/mol. The van der Waals surface area contributed by atoms with Gasteiger partial charge in [-0.15, -0.1) is 0 Å². The first-order valence-corrected chi connectivity index (χ1v) is 6.21. The first kappa shape index (κ1) is 14.1. The second-order valence-corrected chi connectivity index (χ2v) is 4.93. The van der Waals surface area contributed by atoms with E-state index in [4.69, 9.17) is 0 Å². The van der Waals surface area contributed by atoms with Crippen molar-refractivity contribution in [3.63, 3.8) is 0 Å². The van der Waals surface area contributed by atoms with Crippen LogP contribution in [-0.4, -0.2) is 18.6 Å². The normalized spacial score (nSPS) is 13.1. The molecule has 1 aromatic carbocycles. The lowest BCUT2D eigenvalue weighted by Gasteiger charge is -2.16. The third-order valence-electron chi connectivity index (χ3n) is 2.72. The van der Waals surface area contributed by atoms with E-state index < -0.39 is 0 Å². The monoisotopic (exact) mass is 238 g/mol. The highest BCUT2D eigenvalue weighted by molar-refractivity contribution is 5.23. The van der Waals surface area contributed by atoms with Gasteiger partial charge < -0.3 is 10.6 Å². The van der Waals surface area contributed by atoms with Crippen LogP contribution in [0.1, 0.15) is 31.9 Å². The molecule has 0 aliphatic carbocycles. The maximum absolute atomic E-state index is 13.3. The Balaban J connectivity index is 2.36. The molecule has 0 spiro atoms. The van der Waals surface area contributed by atoms with Crippen LogP contribution in [0.4, 0.5) is 4.39 Å². The standard InChI is InChI=1S/C14H23FN2/c1-10(2)16-8-12(4)17-9-13-6-5-11(3)14(15)7-13/h5-7,10,12,16-17H,8-9H2,1-4H3. The summed E-state index contributed by atoms with van der Waals surface area (Å²) in [5.74, 6) is -0.128. The van der Waals surface area contributed by atoms with Crippen molar-refractivity contribution in [2.75, 3.05) is 6.54 Å². The van der Waals surface area contributed by atoms with E-state index in [0.717, 1.165) is 12.1 Å². The Labute approximate surface area is 104 Å². The van der Waals surface area contributed by atoms with Gasteiger partial charge in [0.15, 0.2) is 0 Å². The van der Waals surface area contributed by atoms with Crippen molar-refractivity contribution in [1.82, 2.24) is 10.6 Å². The average Bonchev–Trinajstić information content (AvgIpc) is 2.28. The molecule has 0 saturated carbocycles. The van der Waals surface area contributed by atoms with Crippen molar-refractivity contribution < 1.29 is 4.39 Å². The largest absolute Gasteiger partial charge is 0.313 e. The van der Waals surface area contributed by atoms with Gasteiger partial charge in [-0.1, -0.05) is 26.0 Å². The van der Waals surface area contributed by atoms with Crippen LogP contribution in [0, 0.1) is 12.7 Å². The molecular formula is C14H23FN2. The topological polar surface area (TPSA) is 24.1 Å². The smallest absolute Gasteiger partial charge is 0.126 e. The summed E-state index contributed by atoms with van der Waals surface area (Å²) in [6, 6.07) is 6.26. The molecular weight excluding hydrogens is 215 g/mol. The van der Waals surface area contributed by atoms with E-state index in [9.17, 15) is 4.39 Å². The van der Waals surface area contributed by atoms with Gasteiger partial charge in [0.05, 0.1) is 0 Å². The van der Waals surface area contributed by atoms with E-state index in [0.29, 0.717) is 24.2 Å². The van der Waals surface area contributed by atoms with Crippen molar-refractivity contribution in [1.29, 1.82) is 0 Å². The number of nitrogens with one attached hydrogen (secondary N) is 2. The summed E-state index contributed by atoms with van der Waals surface area (Å²) in [6.07, 6.45) is 0. The van der Waals surface area contributed by atoms with Crippen molar-refractivity contribution in [2.45, 2.75) is 46.3 Å². The summed E-state index contributed by atoms with van der Waals surface area (Å²) in [6.45, 7) is 9.79. The highest BCUT2D eigenvalue weighted by Crippen LogP contribution is 2.08. The van der Waals surface area contributed by atoms with Crippen molar-refractivity contribution in [3.8, 4) is 0 Å². The molecule has 0 bridgehead atoms. The van der Waals surface area contributed by atoms with Crippen LogP contribution in [-0.2, 0) is 6.54 Å². The zero-order valence-corrected chi connectivity index (χ0v) is 11.2. The van der Waals surface area contributed by atoms with Gasteiger partial charge in [-0.25, -0.2) is 4.39 Å². The third kappa shape index (κ3) is 5.29. The van der Waals surface area contributed by atoms with Crippen LogP contribution in [0.3, 0.4) is 0 Å². The maximum atomic E-state index is 13.3. The Kier molecular flexibility index (Phi) is 5.59. The van der Waals surface area contributed by atoms with Gasteiger partial charge in [0.1, 0.15) is 5.82 Å². The average molecular weight is 238 g/mol. The third-order valence-corrected chi connectivity index (χ3v) is 2.72. The first-order valence-electron chi connectivity index (χ1n) is 6.21. The van der Waals surface area contributed by atoms with E-state index in [1.807, 2.05) is 12.1 Å². The Bertz CT molecular complexity index is 350. The lowest BCUT2D eigenvalue weighted by atomic mass is 10.1. The van der Waals surface area contributed by atoms with Gasteiger partial charge in [-0.05, 0) is 31.0 Å². The zero-order valence-electron chi connectivity index (χ0n) is 11.2. The van der Waals surface area contributed by atoms with Gasteiger partial charge in [-0.2, -0.15) is 0 Å². The van der Waals surface area contributed by atoms with Gasteiger partial charge in [0.25, 0.3) is 0 Å². The summed E-state index contributed by atoms with van der Waals surface area (Å²) in [4.78, 5) is 0. The number of aryl methyl sites for hydroxylation is 1. The van der Waals surface area contributed by atoms with Crippen LogP contribution >= 0.6 is 0 Å². The molecule has 3 heteroatoms. The van der Waals surface area contributed by atoms with Crippen LogP contribution in [0.15, 0.2) is 18.2 Å². The molecule has 0 aliphatic heterocycles. The summed E-state index contributed by atoms with van der Waals surface area (Å²) >= 11 is 0. The molecule has 0 saturated heterocycles. The van der Waals surface area contributed by atoms with E-state index in [1.54, 1.807) is 13.0 Å². The molecule has 2 nitrogen and oxygen atoms in total. The summed E-state index contributed by atoms with van der Waals surface area (Å²) in [5.41, 5.74) is 1.69. The number of rotatable bonds is 6. The second-order valence-electron chi connectivity index (χ2n) is 4.93. The van der Waals surface area contributed by atoms with Gasteiger partial charge in [-0.3, -0.25) is 0 Å². The van der Waals surface area contributed by atoms with Crippen molar-refractivity contribution in [3.05, 3.63) is 35.1 Å². The van der Waals surface area contributed by atoms with Gasteiger partial charge in [0, 0.05) is 25.2 Å². The summed E-state index contributed by atoms with van der Waals surface area (Å²) < 4.78 is 13.3. The Morgan fingerprint density at radius 2 is 1.88 bits per heavy atom. The fourth-order valence-electron chi connectivity index (χ4n) is 1.52. The highest BCUT2D eigenvalue weighted by atomic mass is 19.1. The molecule has 1 unspecified atom stereocenters. The molecule has 1 aromatic rings. The lowest BCUT2D eigenvalue weighted by molar-refractivity contribution is 0.473. The first-order chi connectivity index (χ1) is 7.99. The molecule has 0 amide bonds. The quantitative estimate of drug-likeness (QED) is 0.796. The molecule has 1 atom stereocenters. The molecule has 0 aromatic heterocycles. The highest BCUT2D eigenvalue weighted by Gasteiger charge is 2.03. The maximum Gasteiger partial charge on any atom is 0.126 e. The molecule has 0 aliphatic rings. The van der Waals surface area contributed by atoms with E-state index in [-0.39, 0.29) is 5.82 Å². The van der Waals surface area contributed by atoms with E-state index >= 15 is 0 Å². The van der Waals surface area contributed by atoms with E-state index in [2.05, 4.69) is 31.4 Å². The Morgan fingerprint density at radius 3 is 2.47 bits per heavy atom. The minimum Gasteiger partial charge on any atom is -0.313 e. The van der Waals surface area contributed by atoms with E-state index in [1.165, 1.54) is 0 Å². The number of benzene rings is 1. The van der Waals surface area contributed by atoms with Crippen LogP contribution in [0.5, 0.6) is 0 Å². The fourth-order valence-corrected chi connectivity index (χ4v) is 1.52. The molecule has 0 fully saturated rings. The minimum atomic E-state index is -0.128. The molecule has 0 heterocycles. The number of hydrogen-bond donors (Lipinski definition) is 2. The second kappa shape index (κ2) is 6.72. The molecule has 0 radical (unpaired) electrons. The molecule has 1 rings (SSSR count). The molecule has 17 heavy (non-hydrogen) atoms. The SMILES string of the molecule is Cc1ccc(CNC(C)CNC(C)C)cc1F. The summed E-state index contributed by atoms with van der Waals surface area (Å²) in [5, 5.41) is 6.74. The van der Waals surface area contributed by atoms with Crippen LogP contribution in [0.2, 0.25) is 0 Å². The fraction of sp³-hybridized carbons (Fsp3) is 0.571. The molecule has 2 N–H and O–H groups in total.